The highest BCUT2D eigenvalue weighted by molar-refractivity contribution is 7.10. The summed E-state index contributed by atoms with van der Waals surface area (Å²) in [5.74, 6) is 0.960. The van der Waals surface area contributed by atoms with Crippen LogP contribution in [0.1, 0.15) is 38.2 Å². The second kappa shape index (κ2) is 5.26. The smallest absolute Gasteiger partial charge is 0.262 e. The van der Waals surface area contributed by atoms with Crippen molar-refractivity contribution in [3.8, 4) is 11.5 Å². The van der Waals surface area contributed by atoms with Gasteiger partial charge in [-0.25, -0.2) is 0 Å². The molecule has 2 N–H and O–H groups in total. The number of hydrogen-bond donors (Lipinski definition) is 1. The van der Waals surface area contributed by atoms with Gasteiger partial charge < -0.3 is 15.0 Å². The Balaban J connectivity index is 2.44. The molecule has 0 fully saturated rings. The number of anilines is 1. The predicted molar refractivity (Wildman–Crippen MR) is 73.8 cm³/mol. The Morgan fingerprint density at radius 2 is 2.05 bits per heavy atom. The normalized spacial score (nSPS) is 12.0. The van der Waals surface area contributed by atoms with Gasteiger partial charge in [0.15, 0.2) is 0 Å². The minimum atomic E-state index is -0.506. The first-order valence-corrected chi connectivity index (χ1v) is 6.96. The van der Waals surface area contributed by atoms with Gasteiger partial charge in [0.25, 0.3) is 5.89 Å². The van der Waals surface area contributed by atoms with Gasteiger partial charge in [0, 0.05) is 7.11 Å². The molecule has 104 valence electrons. The Kier molecular flexibility index (Phi) is 3.86. The van der Waals surface area contributed by atoms with Crippen molar-refractivity contribution in [3.05, 3.63) is 11.5 Å². The average Bonchev–Trinajstić information content (AvgIpc) is 3.00. The van der Waals surface area contributed by atoms with Crippen molar-refractivity contribution in [3.63, 3.8) is 0 Å². The first-order valence-electron chi connectivity index (χ1n) is 6.19. The molecule has 2 aromatic heterocycles. The Labute approximate surface area is 116 Å². The zero-order valence-electron chi connectivity index (χ0n) is 11.6. The molecule has 0 bridgehead atoms. The van der Waals surface area contributed by atoms with Crippen LogP contribution in [0.3, 0.4) is 0 Å². The third-order valence-corrected chi connectivity index (χ3v) is 4.24. The Morgan fingerprint density at radius 3 is 2.53 bits per heavy atom. The third-order valence-electron chi connectivity index (χ3n) is 3.47. The van der Waals surface area contributed by atoms with Crippen LogP contribution in [-0.2, 0) is 10.3 Å². The molecule has 0 aliphatic heterocycles. The van der Waals surface area contributed by atoms with Crippen LogP contribution in [0.2, 0.25) is 0 Å². The number of methoxy groups -OCH3 is 1. The van der Waals surface area contributed by atoms with E-state index in [0.29, 0.717) is 16.7 Å². The number of nitrogen functional groups attached to an aromatic ring is 1. The van der Waals surface area contributed by atoms with Gasteiger partial charge in [-0.2, -0.15) is 9.36 Å². The standard InChI is InChI=1S/C12H18N4O2S/c1-5-12(6-2,17-4)11-14-10(18-15-11)8-7(3)16-19-9(8)13/h5-6,13H2,1-4H3. The van der Waals surface area contributed by atoms with Crippen LogP contribution in [0.25, 0.3) is 11.5 Å². The number of hydrogen-bond acceptors (Lipinski definition) is 7. The molecule has 0 aliphatic carbocycles. The van der Waals surface area contributed by atoms with Crippen molar-refractivity contribution in [2.45, 2.75) is 39.2 Å². The number of nitrogens with two attached hydrogens (primary N) is 1. The van der Waals surface area contributed by atoms with Gasteiger partial charge in [-0.05, 0) is 31.3 Å². The maximum Gasteiger partial charge on any atom is 0.262 e. The van der Waals surface area contributed by atoms with E-state index < -0.39 is 5.60 Å². The summed E-state index contributed by atoms with van der Waals surface area (Å²) in [5.41, 5.74) is 6.90. The van der Waals surface area contributed by atoms with Crippen LogP contribution in [0, 0.1) is 6.92 Å². The molecular weight excluding hydrogens is 264 g/mol. The number of aryl methyl sites for hydroxylation is 1. The number of nitrogens with zero attached hydrogens (tertiary/aromatic N) is 3. The minimum absolute atomic E-state index is 0.405. The summed E-state index contributed by atoms with van der Waals surface area (Å²) in [6.07, 6.45) is 1.55. The molecule has 2 aromatic rings. The molecule has 2 heterocycles. The number of ether oxygens (including phenoxy) is 1. The largest absolute Gasteiger partial charge is 0.389 e. The van der Waals surface area contributed by atoms with Crippen molar-refractivity contribution >= 4 is 16.5 Å². The van der Waals surface area contributed by atoms with Crippen LogP contribution >= 0.6 is 11.5 Å². The second-order valence-corrected chi connectivity index (χ2v) is 5.14. The fourth-order valence-electron chi connectivity index (χ4n) is 2.10. The van der Waals surface area contributed by atoms with E-state index in [1.54, 1.807) is 7.11 Å². The van der Waals surface area contributed by atoms with Crippen molar-refractivity contribution < 1.29 is 9.26 Å². The third kappa shape index (κ3) is 2.23. The van der Waals surface area contributed by atoms with Gasteiger partial charge in [-0.15, -0.1) is 0 Å². The molecule has 19 heavy (non-hydrogen) atoms. The summed E-state index contributed by atoms with van der Waals surface area (Å²) in [4.78, 5) is 4.44. The van der Waals surface area contributed by atoms with Crippen molar-refractivity contribution in [2.75, 3.05) is 12.8 Å². The molecular formula is C12H18N4O2S. The second-order valence-electron chi connectivity index (χ2n) is 4.34. The van der Waals surface area contributed by atoms with Gasteiger partial charge in [0.1, 0.15) is 10.6 Å². The molecule has 0 amide bonds. The van der Waals surface area contributed by atoms with E-state index in [4.69, 9.17) is 15.0 Å². The summed E-state index contributed by atoms with van der Waals surface area (Å²) >= 11 is 1.23. The van der Waals surface area contributed by atoms with Crippen LogP contribution in [0.4, 0.5) is 5.00 Å². The number of aromatic nitrogens is 3. The van der Waals surface area contributed by atoms with E-state index in [2.05, 4.69) is 14.5 Å². The number of rotatable bonds is 5. The van der Waals surface area contributed by atoms with Crippen LogP contribution in [0.15, 0.2) is 4.52 Å². The van der Waals surface area contributed by atoms with Gasteiger partial charge in [-0.3, -0.25) is 0 Å². The lowest BCUT2D eigenvalue weighted by atomic mass is 9.96. The van der Waals surface area contributed by atoms with E-state index >= 15 is 0 Å². The molecule has 0 radical (unpaired) electrons. The fraction of sp³-hybridized carbons (Fsp3) is 0.583. The van der Waals surface area contributed by atoms with E-state index in [1.165, 1.54) is 11.5 Å². The lowest BCUT2D eigenvalue weighted by Gasteiger charge is -2.25. The zero-order valence-corrected chi connectivity index (χ0v) is 12.4. The average molecular weight is 282 g/mol. The highest BCUT2D eigenvalue weighted by Crippen LogP contribution is 2.35. The summed E-state index contributed by atoms with van der Waals surface area (Å²) in [7, 11) is 1.66. The molecule has 7 heteroatoms. The quantitative estimate of drug-likeness (QED) is 0.907. The highest BCUT2D eigenvalue weighted by Gasteiger charge is 2.34. The van der Waals surface area contributed by atoms with Crippen LogP contribution in [0.5, 0.6) is 0 Å². The van der Waals surface area contributed by atoms with E-state index in [0.717, 1.165) is 24.1 Å². The molecule has 0 spiro atoms. The Hall–Kier alpha value is -1.47. The lowest BCUT2D eigenvalue weighted by molar-refractivity contribution is -0.0306. The lowest BCUT2D eigenvalue weighted by Crippen LogP contribution is -2.28. The van der Waals surface area contributed by atoms with E-state index in [9.17, 15) is 0 Å². The van der Waals surface area contributed by atoms with E-state index in [-0.39, 0.29) is 0 Å². The van der Waals surface area contributed by atoms with Gasteiger partial charge in [-0.1, -0.05) is 19.0 Å². The minimum Gasteiger partial charge on any atom is -0.389 e. The van der Waals surface area contributed by atoms with Gasteiger partial charge in [0.05, 0.1) is 11.3 Å². The summed E-state index contributed by atoms with van der Waals surface area (Å²) in [6.45, 7) is 5.94. The monoisotopic (exact) mass is 282 g/mol. The molecule has 0 atom stereocenters. The first-order chi connectivity index (χ1) is 9.07. The van der Waals surface area contributed by atoms with Gasteiger partial charge in [0.2, 0.25) is 5.82 Å². The fourth-order valence-corrected chi connectivity index (χ4v) is 2.76. The maximum atomic E-state index is 5.89. The predicted octanol–water partition coefficient (Wildman–Crippen LogP) is 2.75. The van der Waals surface area contributed by atoms with Crippen molar-refractivity contribution in [2.24, 2.45) is 0 Å². The SMILES string of the molecule is CCC(CC)(OC)c1noc(-c2c(C)nsc2N)n1. The molecule has 6 nitrogen and oxygen atoms in total. The molecule has 0 unspecified atom stereocenters. The van der Waals surface area contributed by atoms with E-state index in [1.807, 2.05) is 20.8 Å². The molecule has 2 rings (SSSR count). The highest BCUT2D eigenvalue weighted by atomic mass is 32.1. The Morgan fingerprint density at radius 1 is 1.37 bits per heavy atom. The molecule has 0 aromatic carbocycles. The topological polar surface area (TPSA) is 87.1 Å². The molecule has 0 saturated carbocycles. The summed E-state index contributed by atoms with van der Waals surface area (Å²) < 4.78 is 15.1. The first kappa shape index (κ1) is 14.0. The Bertz CT molecular complexity index is 532. The molecule has 0 saturated heterocycles. The molecule has 0 aliphatic rings. The summed E-state index contributed by atoms with van der Waals surface area (Å²) in [5, 5.41) is 4.64. The van der Waals surface area contributed by atoms with Crippen molar-refractivity contribution in [1.29, 1.82) is 0 Å². The van der Waals surface area contributed by atoms with Crippen molar-refractivity contribution in [1.82, 2.24) is 14.5 Å². The van der Waals surface area contributed by atoms with Crippen LogP contribution in [-0.4, -0.2) is 21.6 Å². The maximum absolute atomic E-state index is 5.89. The summed E-state index contributed by atoms with van der Waals surface area (Å²) in [6, 6.07) is 0. The zero-order chi connectivity index (χ0) is 14.0. The van der Waals surface area contributed by atoms with Crippen LogP contribution < -0.4 is 5.73 Å². The van der Waals surface area contributed by atoms with Gasteiger partial charge >= 0.3 is 0 Å².